The molecule has 1 atom stereocenters. The van der Waals surface area contributed by atoms with Gasteiger partial charge in [-0.1, -0.05) is 48.5 Å². The number of aromatic nitrogens is 1. The van der Waals surface area contributed by atoms with Gasteiger partial charge in [-0.25, -0.2) is 0 Å². The molecule has 19 heavy (non-hydrogen) atoms. The number of nitrogens with one attached hydrogen (secondary N) is 1. The summed E-state index contributed by atoms with van der Waals surface area (Å²) in [5.74, 6) is 0. The summed E-state index contributed by atoms with van der Waals surface area (Å²) < 4.78 is 2.29. The van der Waals surface area contributed by atoms with Crippen molar-refractivity contribution in [1.29, 1.82) is 0 Å². The van der Waals surface area contributed by atoms with Gasteiger partial charge in [0, 0.05) is 17.4 Å². The first-order chi connectivity index (χ1) is 9.43. The van der Waals surface area contributed by atoms with Crippen LogP contribution in [0.1, 0.15) is 11.7 Å². The smallest absolute Gasteiger partial charge is 0.129 e. The van der Waals surface area contributed by atoms with Crippen molar-refractivity contribution in [2.24, 2.45) is 0 Å². The highest BCUT2D eigenvalue weighted by Gasteiger charge is 2.23. The maximum atomic E-state index is 3.62. The van der Waals surface area contributed by atoms with Crippen molar-refractivity contribution in [3.8, 4) is 11.3 Å². The molecule has 2 heteroatoms. The molecule has 0 spiro atoms. The van der Waals surface area contributed by atoms with Crippen molar-refractivity contribution in [2.75, 3.05) is 5.32 Å². The van der Waals surface area contributed by atoms with Gasteiger partial charge in [-0.05, 0) is 23.8 Å². The second-order valence-corrected chi connectivity index (χ2v) is 4.80. The Labute approximate surface area is 112 Å². The summed E-state index contributed by atoms with van der Waals surface area (Å²) in [7, 11) is 0. The SMILES string of the molecule is c1ccc([C@H]2Nc3ccccc3-c3cccn32)cc1. The van der Waals surface area contributed by atoms with Crippen LogP contribution in [-0.2, 0) is 0 Å². The van der Waals surface area contributed by atoms with E-state index in [1.807, 2.05) is 0 Å². The Morgan fingerprint density at radius 1 is 0.789 bits per heavy atom. The van der Waals surface area contributed by atoms with Crippen molar-refractivity contribution in [3.05, 3.63) is 78.5 Å². The predicted octanol–water partition coefficient (Wildman–Crippen LogP) is 4.13. The van der Waals surface area contributed by atoms with Gasteiger partial charge in [-0.15, -0.1) is 0 Å². The molecule has 0 saturated heterocycles. The van der Waals surface area contributed by atoms with Crippen LogP contribution in [0.15, 0.2) is 72.9 Å². The van der Waals surface area contributed by atoms with Gasteiger partial charge in [-0.3, -0.25) is 0 Å². The molecule has 92 valence electrons. The van der Waals surface area contributed by atoms with Crippen LogP contribution in [0.5, 0.6) is 0 Å². The molecule has 2 heterocycles. The Morgan fingerprint density at radius 3 is 2.47 bits per heavy atom. The van der Waals surface area contributed by atoms with Gasteiger partial charge in [0.25, 0.3) is 0 Å². The number of hydrogen-bond donors (Lipinski definition) is 1. The van der Waals surface area contributed by atoms with Crippen molar-refractivity contribution in [2.45, 2.75) is 6.17 Å². The van der Waals surface area contributed by atoms with Crippen LogP contribution in [0.4, 0.5) is 5.69 Å². The molecule has 1 aliphatic rings. The number of nitrogens with zero attached hydrogens (tertiary/aromatic N) is 1. The number of fused-ring (bicyclic) bond motifs is 3. The highest BCUT2D eigenvalue weighted by molar-refractivity contribution is 5.78. The zero-order chi connectivity index (χ0) is 12.7. The van der Waals surface area contributed by atoms with Crippen LogP contribution in [-0.4, -0.2) is 4.57 Å². The summed E-state index contributed by atoms with van der Waals surface area (Å²) in [5, 5.41) is 3.62. The average molecular weight is 246 g/mol. The zero-order valence-electron chi connectivity index (χ0n) is 10.5. The summed E-state index contributed by atoms with van der Waals surface area (Å²) in [6.07, 6.45) is 2.30. The van der Waals surface area contributed by atoms with E-state index in [1.54, 1.807) is 0 Å². The monoisotopic (exact) mass is 246 g/mol. The maximum absolute atomic E-state index is 3.62. The third-order valence-electron chi connectivity index (χ3n) is 3.67. The minimum Gasteiger partial charge on any atom is -0.361 e. The first-order valence-corrected chi connectivity index (χ1v) is 6.51. The van der Waals surface area contributed by atoms with Crippen LogP contribution in [0, 0.1) is 0 Å². The molecule has 0 unspecified atom stereocenters. The van der Waals surface area contributed by atoms with Crippen molar-refractivity contribution < 1.29 is 0 Å². The highest BCUT2D eigenvalue weighted by atomic mass is 15.2. The lowest BCUT2D eigenvalue weighted by atomic mass is 10.0. The summed E-state index contributed by atoms with van der Waals surface area (Å²) in [6.45, 7) is 0. The van der Waals surface area contributed by atoms with E-state index in [0.717, 1.165) is 0 Å². The highest BCUT2D eigenvalue weighted by Crippen LogP contribution is 2.38. The lowest BCUT2D eigenvalue weighted by Crippen LogP contribution is -2.23. The lowest BCUT2D eigenvalue weighted by molar-refractivity contribution is 0.654. The third-order valence-corrected chi connectivity index (χ3v) is 3.67. The first-order valence-electron chi connectivity index (χ1n) is 6.51. The minimum atomic E-state index is 0.168. The van der Waals surface area contributed by atoms with Crippen LogP contribution in [0.2, 0.25) is 0 Å². The summed E-state index contributed by atoms with van der Waals surface area (Å²) >= 11 is 0. The Bertz CT molecular complexity index is 713. The molecule has 0 fully saturated rings. The van der Waals surface area contributed by atoms with E-state index in [0.29, 0.717) is 0 Å². The number of anilines is 1. The molecule has 1 aliphatic heterocycles. The molecule has 1 N–H and O–H groups in total. The fraction of sp³-hybridized carbons (Fsp3) is 0.0588. The molecule has 2 nitrogen and oxygen atoms in total. The molecule has 0 aliphatic carbocycles. The van der Waals surface area contributed by atoms with Crippen molar-refractivity contribution in [3.63, 3.8) is 0 Å². The standard InChI is InChI=1S/C17H14N2/c1-2-7-13(8-3-1)17-18-15-10-5-4-9-14(15)16-11-6-12-19(16)17/h1-12,17-18H/t17-/m0/s1. The predicted molar refractivity (Wildman–Crippen MR) is 78.1 cm³/mol. The van der Waals surface area contributed by atoms with E-state index in [4.69, 9.17) is 0 Å². The normalized spacial score (nSPS) is 16.3. The molecular formula is C17H14N2. The lowest BCUT2D eigenvalue weighted by Gasteiger charge is -2.30. The van der Waals surface area contributed by atoms with Gasteiger partial charge < -0.3 is 9.88 Å². The number of benzene rings is 2. The van der Waals surface area contributed by atoms with Crippen LogP contribution >= 0.6 is 0 Å². The van der Waals surface area contributed by atoms with E-state index in [-0.39, 0.29) is 6.17 Å². The van der Waals surface area contributed by atoms with Gasteiger partial charge in [0.15, 0.2) is 0 Å². The molecule has 0 bridgehead atoms. The topological polar surface area (TPSA) is 17.0 Å². The fourth-order valence-electron chi connectivity index (χ4n) is 2.78. The molecular weight excluding hydrogens is 232 g/mol. The Kier molecular flexibility index (Phi) is 2.21. The van der Waals surface area contributed by atoms with Gasteiger partial charge in [0.1, 0.15) is 6.17 Å². The van der Waals surface area contributed by atoms with Gasteiger partial charge in [0.05, 0.1) is 5.69 Å². The average Bonchev–Trinajstić information content (AvgIpc) is 2.97. The molecule has 2 aromatic carbocycles. The number of para-hydroxylation sites is 1. The molecule has 1 aromatic heterocycles. The minimum absolute atomic E-state index is 0.168. The van der Waals surface area contributed by atoms with E-state index < -0.39 is 0 Å². The van der Waals surface area contributed by atoms with Crippen molar-refractivity contribution >= 4 is 5.69 Å². The van der Waals surface area contributed by atoms with E-state index >= 15 is 0 Å². The third kappa shape index (κ3) is 1.57. The summed E-state index contributed by atoms with van der Waals surface area (Å²) in [6, 6.07) is 23.3. The Hall–Kier alpha value is -2.48. The maximum Gasteiger partial charge on any atom is 0.129 e. The second kappa shape index (κ2) is 4.02. The van der Waals surface area contributed by atoms with E-state index in [1.165, 1.54) is 22.5 Å². The van der Waals surface area contributed by atoms with Crippen molar-refractivity contribution in [1.82, 2.24) is 4.57 Å². The Morgan fingerprint density at radius 2 is 1.58 bits per heavy atom. The molecule has 0 radical (unpaired) electrons. The molecule has 3 aromatic rings. The van der Waals surface area contributed by atoms with Gasteiger partial charge >= 0.3 is 0 Å². The second-order valence-electron chi connectivity index (χ2n) is 4.80. The Balaban J connectivity index is 1.91. The molecule has 4 rings (SSSR count). The first kappa shape index (κ1) is 10.4. The van der Waals surface area contributed by atoms with Gasteiger partial charge in [-0.2, -0.15) is 0 Å². The van der Waals surface area contributed by atoms with Crippen LogP contribution < -0.4 is 5.32 Å². The quantitative estimate of drug-likeness (QED) is 0.683. The van der Waals surface area contributed by atoms with Gasteiger partial charge in [0.2, 0.25) is 0 Å². The largest absolute Gasteiger partial charge is 0.361 e. The van der Waals surface area contributed by atoms with E-state index in [2.05, 4.69) is 82.8 Å². The van der Waals surface area contributed by atoms with Crippen LogP contribution in [0.25, 0.3) is 11.3 Å². The number of hydrogen-bond acceptors (Lipinski definition) is 1. The number of rotatable bonds is 1. The zero-order valence-corrected chi connectivity index (χ0v) is 10.5. The molecule has 0 amide bonds. The summed E-state index contributed by atoms with van der Waals surface area (Å²) in [5.41, 5.74) is 5.00. The fourth-order valence-corrected chi connectivity index (χ4v) is 2.78. The van der Waals surface area contributed by atoms with E-state index in [9.17, 15) is 0 Å². The van der Waals surface area contributed by atoms with Crippen LogP contribution in [0.3, 0.4) is 0 Å². The summed E-state index contributed by atoms with van der Waals surface area (Å²) in [4.78, 5) is 0. The molecule has 0 saturated carbocycles.